The zero-order valence-electron chi connectivity index (χ0n) is 14.9. The number of halogens is 3. The molecule has 3 rings (SSSR count). The van der Waals surface area contributed by atoms with Crippen molar-refractivity contribution in [1.29, 1.82) is 0 Å². The molecule has 5 nitrogen and oxygen atoms in total. The fourth-order valence-electron chi connectivity index (χ4n) is 2.89. The van der Waals surface area contributed by atoms with Crippen LogP contribution < -0.4 is 20.7 Å². The van der Waals surface area contributed by atoms with Gasteiger partial charge in [-0.3, -0.25) is 4.79 Å². The number of anilines is 1. The SMILES string of the molecule is COc1cc(Cl)ccc1NC(=O)C1=C(C)NC(=S)NC1c1ccc(F)c(Br)c1. The second-order valence-corrected chi connectivity index (χ2v) is 7.74. The highest BCUT2D eigenvalue weighted by molar-refractivity contribution is 9.10. The fraction of sp³-hybridized carbons (Fsp3) is 0.158. The molecule has 0 saturated carbocycles. The summed E-state index contributed by atoms with van der Waals surface area (Å²) in [6.45, 7) is 1.76. The molecular weight excluding hydrogens is 469 g/mol. The summed E-state index contributed by atoms with van der Waals surface area (Å²) in [5.74, 6) is -0.309. The summed E-state index contributed by atoms with van der Waals surface area (Å²) in [5, 5.41) is 9.74. The highest BCUT2D eigenvalue weighted by atomic mass is 79.9. The van der Waals surface area contributed by atoms with Gasteiger partial charge in [0, 0.05) is 16.8 Å². The van der Waals surface area contributed by atoms with E-state index in [0.29, 0.717) is 42.9 Å². The molecule has 146 valence electrons. The average Bonchev–Trinajstić information content (AvgIpc) is 2.64. The van der Waals surface area contributed by atoms with Gasteiger partial charge in [-0.2, -0.15) is 0 Å². The van der Waals surface area contributed by atoms with Gasteiger partial charge in [0.1, 0.15) is 11.6 Å². The molecule has 0 saturated heterocycles. The first kappa shape index (κ1) is 20.6. The van der Waals surface area contributed by atoms with Gasteiger partial charge in [-0.1, -0.05) is 17.7 Å². The molecule has 0 spiro atoms. The number of rotatable bonds is 4. The second-order valence-electron chi connectivity index (χ2n) is 6.04. The number of carbonyl (C=O) groups excluding carboxylic acids is 1. The van der Waals surface area contributed by atoms with Crippen LogP contribution in [0, 0.1) is 5.82 Å². The monoisotopic (exact) mass is 483 g/mol. The molecule has 0 aliphatic carbocycles. The normalized spacial score (nSPS) is 16.3. The molecule has 0 fully saturated rings. The van der Waals surface area contributed by atoms with E-state index in [0.717, 1.165) is 0 Å². The van der Waals surface area contributed by atoms with Crippen molar-refractivity contribution >= 4 is 56.5 Å². The van der Waals surface area contributed by atoms with E-state index in [-0.39, 0.29) is 5.91 Å². The lowest BCUT2D eigenvalue weighted by Gasteiger charge is -2.30. The quantitative estimate of drug-likeness (QED) is 0.550. The van der Waals surface area contributed by atoms with Gasteiger partial charge in [0.15, 0.2) is 5.11 Å². The minimum atomic E-state index is -0.552. The summed E-state index contributed by atoms with van der Waals surface area (Å²) < 4.78 is 19.2. The van der Waals surface area contributed by atoms with E-state index in [9.17, 15) is 9.18 Å². The molecule has 0 bridgehead atoms. The Bertz CT molecular complexity index is 999. The molecule has 1 unspecified atom stereocenters. The Morgan fingerprint density at radius 2 is 2.07 bits per heavy atom. The molecule has 28 heavy (non-hydrogen) atoms. The number of thiocarbonyl (C=S) groups is 1. The van der Waals surface area contributed by atoms with Crippen LogP contribution in [0.5, 0.6) is 5.75 Å². The number of hydrogen-bond donors (Lipinski definition) is 3. The van der Waals surface area contributed by atoms with Crippen molar-refractivity contribution in [2.24, 2.45) is 0 Å². The number of nitrogens with one attached hydrogen (secondary N) is 3. The zero-order chi connectivity index (χ0) is 20.4. The molecule has 1 heterocycles. The van der Waals surface area contributed by atoms with Crippen LogP contribution in [0.15, 0.2) is 52.1 Å². The summed E-state index contributed by atoms with van der Waals surface area (Å²) in [7, 11) is 1.49. The van der Waals surface area contributed by atoms with Gasteiger partial charge < -0.3 is 20.7 Å². The van der Waals surface area contributed by atoms with Gasteiger partial charge in [-0.05, 0) is 64.9 Å². The van der Waals surface area contributed by atoms with E-state index >= 15 is 0 Å². The highest BCUT2D eigenvalue weighted by Gasteiger charge is 2.30. The molecule has 1 amide bonds. The standard InChI is InChI=1S/C19H16BrClFN3O2S/c1-9-16(18(26)24-14-6-4-11(21)8-15(14)27-2)17(25-19(28)23-9)10-3-5-13(22)12(20)7-10/h3-8,17H,1-2H3,(H,24,26)(H2,23,25,28). The van der Waals surface area contributed by atoms with Crippen LogP contribution >= 0.6 is 39.7 Å². The molecule has 0 aromatic heterocycles. The van der Waals surface area contributed by atoms with Crippen LogP contribution in [-0.4, -0.2) is 18.1 Å². The first-order chi connectivity index (χ1) is 13.3. The van der Waals surface area contributed by atoms with Crippen molar-refractivity contribution < 1.29 is 13.9 Å². The molecule has 2 aromatic rings. The maximum absolute atomic E-state index is 13.7. The summed E-state index contributed by atoms with van der Waals surface area (Å²) in [6, 6.07) is 8.93. The molecular formula is C19H16BrClFN3O2S. The lowest BCUT2D eigenvalue weighted by Crippen LogP contribution is -2.45. The van der Waals surface area contributed by atoms with Crippen molar-refractivity contribution in [3.05, 3.63) is 68.5 Å². The largest absolute Gasteiger partial charge is 0.495 e. The Labute approximate surface area is 180 Å². The van der Waals surface area contributed by atoms with Crippen LogP contribution in [0.3, 0.4) is 0 Å². The lowest BCUT2D eigenvalue weighted by atomic mass is 9.95. The average molecular weight is 485 g/mol. The Kier molecular flexibility index (Phi) is 6.22. The van der Waals surface area contributed by atoms with E-state index in [4.69, 9.17) is 28.6 Å². The number of carbonyl (C=O) groups is 1. The van der Waals surface area contributed by atoms with E-state index < -0.39 is 11.9 Å². The number of allylic oxidation sites excluding steroid dienone is 1. The Balaban J connectivity index is 1.98. The number of hydrogen-bond acceptors (Lipinski definition) is 3. The summed E-state index contributed by atoms with van der Waals surface area (Å²) in [4.78, 5) is 13.1. The van der Waals surface area contributed by atoms with Crippen molar-refractivity contribution in [2.75, 3.05) is 12.4 Å². The summed E-state index contributed by atoms with van der Waals surface area (Å²) in [5.41, 5.74) is 2.18. The van der Waals surface area contributed by atoms with Crippen LogP contribution in [0.4, 0.5) is 10.1 Å². The van der Waals surface area contributed by atoms with E-state index in [2.05, 4.69) is 31.9 Å². The van der Waals surface area contributed by atoms with Crippen LogP contribution in [-0.2, 0) is 4.79 Å². The van der Waals surface area contributed by atoms with Gasteiger partial charge in [0.2, 0.25) is 0 Å². The maximum atomic E-state index is 13.7. The predicted octanol–water partition coefficient (Wildman–Crippen LogP) is 4.68. The topological polar surface area (TPSA) is 62.4 Å². The molecule has 3 N–H and O–H groups in total. The second kappa shape index (κ2) is 8.46. The number of ether oxygens (including phenoxy) is 1. The van der Waals surface area contributed by atoms with Crippen LogP contribution in [0.1, 0.15) is 18.5 Å². The van der Waals surface area contributed by atoms with Crippen molar-refractivity contribution in [3.8, 4) is 5.75 Å². The van der Waals surface area contributed by atoms with Gasteiger partial charge in [-0.15, -0.1) is 0 Å². The van der Waals surface area contributed by atoms with Gasteiger partial charge in [0.05, 0.1) is 28.9 Å². The van der Waals surface area contributed by atoms with Gasteiger partial charge >= 0.3 is 0 Å². The third kappa shape index (κ3) is 4.29. The first-order valence-corrected chi connectivity index (χ1v) is 9.76. The Morgan fingerprint density at radius 1 is 1.32 bits per heavy atom. The minimum absolute atomic E-state index is 0.299. The third-order valence-electron chi connectivity index (χ3n) is 4.20. The minimum Gasteiger partial charge on any atom is -0.495 e. The Morgan fingerprint density at radius 3 is 2.75 bits per heavy atom. The number of amides is 1. The highest BCUT2D eigenvalue weighted by Crippen LogP contribution is 2.32. The van der Waals surface area contributed by atoms with Gasteiger partial charge in [0.25, 0.3) is 5.91 Å². The fourth-order valence-corrected chi connectivity index (χ4v) is 3.72. The molecule has 1 aliphatic rings. The predicted molar refractivity (Wildman–Crippen MR) is 115 cm³/mol. The van der Waals surface area contributed by atoms with Gasteiger partial charge in [-0.25, -0.2) is 4.39 Å². The van der Waals surface area contributed by atoms with Crippen LogP contribution in [0.2, 0.25) is 5.02 Å². The molecule has 0 radical (unpaired) electrons. The molecule has 1 atom stereocenters. The van der Waals surface area contributed by atoms with E-state index in [1.54, 1.807) is 37.3 Å². The van der Waals surface area contributed by atoms with E-state index in [1.807, 2.05) is 0 Å². The number of methoxy groups -OCH3 is 1. The summed E-state index contributed by atoms with van der Waals surface area (Å²) >= 11 is 14.4. The van der Waals surface area contributed by atoms with Crippen molar-refractivity contribution in [1.82, 2.24) is 10.6 Å². The van der Waals surface area contributed by atoms with Crippen LogP contribution in [0.25, 0.3) is 0 Å². The Hall–Kier alpha value is -2.16. The summed E-state index contributed by atoms with van der Waals surface area (Å²) in [6.07, 6.45) is 0. The van der Waals surface area contributed by atoms with Crippen molar-refractivity contribution in [3.63, 3.8) is 0 Å². The first-order valence-electron chi connectivity index (χ1n) is 8.18. The maximum Gasteiger partial charge on any atom is 0.255 e. The smallest absolute Gasteiger partial charge is 0.255 e. The number of benzene rings is 2. The molecule has 2 aromatic carbocycles. The molecule has 1 aliphatic heterocycles. The van der Waals surface area contributed by atoms with E-state index in [1.165, 1.54) is 13.2 Å². The zero-order valence-corrected chi connectivity index (χ0v) is 18.1. The third-order valence-corrected chi connectivity index (χ3v) is 5.27. The molecule has 9 heteroatoms. The lowest BCUT2D eigenvalue weighted by molar-refractivity contribution is -0.113. The van der Waals surface area contributed by atoms with Crippen molar-refractivity contribution in [2.45, 2.75) is 13.0 Å².